The van der Waals surface area contributed by atoms with E-state index < -0.39 is 0 Å². The number of aromatic amines is 1. The van der Waals surface area contributed by atoms with Gasteiger partial charge in [0, 0.05) is 17.7 Å². The number of amides is 1. The van der Waals surface area contributed by atoms with Gasteiger partial charge in [-0.25, -0.2) is 0 Å². The number of nitrogens with one attached hydrogen (secondary N) is 1. The second-order valence-corrected chi connectivity index (χ2v) is 7.34. The maximum atomic E-state index is 13.2. The van der Waals surface area contributed by atoms with Gasteiger partial charge < -0.3 is 9.64 Å². The molecule has 0 aliphatic carbocycles. The van der Waals surface area contributed by atoms with Crippen molar-refractivity contribution >= 4 is 5.91 Å². The first-order chi connectivity index (χ1) is 14.2. The molecule has 1 aliphatic heterocycles. The number of hydrogen-bond acceptors (Lipinski definition) is 3. The Morgan fingerprint density at radius 3 is 2.48 bits per heavy atom. The average molecular weight is 389 g/mol. The van der Waals surface area contributed by atoms with Crippen molar-refractivity contribution in [2.75, 3.05) is 13.2 Å². The molecular formula is C24H27N3O2. The van der Waals surface area contributed by atoms with Crippen LogP contribution in [0.4, 0.5) is 0 Å². The molecule has 2 aromatic carbocycles. The van der Waals surface area contributed by atoms with Crippen molar-refractivity contribution in [1.29, 1.82) is 0 Å². The van der Waals surface area contributed by atoms with E-state index in [0.29, 0.717) is 12.3 Å². The Bertz CT molecular complexity index is 964. The number of fused-ring (bicyclic) bond motifs is 1. The Morgan fingerprint density at radius 2 is 1.79 bits per heavy atom. The maximum Gasteiger partial charge on any atom is 0.273 e. The molecule has 0 radical (unpaired) electrons. The summed E-state index contributed by atoms with van der Waals surface area (Å²) in [5, 5.41) is 7.54. The molecule has 1 N–H and O–H groups in total. The summed E-state index contributed by atoms with van der Waals surface area (Å²) in [5.41, 5.74) is 4.53. The van der Waals surface area contributed by atoms with Gasteiger partial charge in [0.25, 0.3) is 5.91 Å². The summed E-state index contributed by atoms with van der Waals surface area (Å²) >= 11 is 0. The molecule has 0 saturated heterocycles. The monoisotopic (exact) mass is 389 g/mol. The van der Waals surface area contributed by atoms with Crippen LogP contribution in [-0.4, -0.2) is 34.2 Å². The Morgan fingerprint density at radius 1 is 1.03 bits per heavy atom. The molecule has 1 atom stereocenters. The second-order valence-electron chi connectivity index (χ2n) is 7.34. The lowest BCUT2D eigenvalue weighted by molar-refractivity contribution is 0.0740. The van der Waals surface area contributed by atoms with Crippen LogP contribution in [0.5, 0.6) is 5.75 Å². The standard InChI is InChI=1S/C24H27N3O2/c1-3-5-9-16-27-23(18-12-14-19(15-13-18)29-4-2)20-21(17-10-7-6-8-11-17)25-26-22(20)24(27)28/h6-8,10-15,23H,3-5,9,16H2,1-2H3,(H,25,26). The number of unbranched alkanes of at least 4 members (excludes halogenated alkanes) is 2. The van der Waals surface area contributed by atoms with Crippen LogP contribution >= 0.6 is 0 Å². The Kier molecular flexibility index (Phi) is 5.65. The smallest absolute Gasteiger partial charge is 0.273 e. The Balaban J connectivity index is 1.77. The minimum Gasteiger partial charge on any atom is -0.494 e. The van der Waals surface area contributed by atoms with Crippen molar-refractivity contribution in [3.8, 4) is 17.0 Å². The predicted octanol–water partition coefficient (Wildman–Crippen LogP) is 5.21. The van der Waals surface area contributed by atoms with Gasteiger partial charge in [-0.2, -0.15) is 5.10 Å². The first-order valence-electron chi connectivity index (χ1n) is 10.4. The minimum atomic E-state index is -0.140. The van der Waals surface area contributed by atoms with Gasteiger partial charge in [0.1, 0.15) is 11.4 Å². The summed E-state index contributed by atoms with van der Waals surface area (Å²) in [4.78, 5) is 15.2. The molecule has 1 aromatic heterocycles. The number of aromatic nitrogens is 2. The van der Waals surface area contributed by atoms with E-state index in [4.69, 9.17) is 4.74 Å². The number of rotatable bonds is 8. The highest BCUT2D eigenvalue weighted by Crippen LogP contribution is 2.43. The van der Waals surface area contributed by atoms with Gasteiger partial charge in [-0.15, -0.1) is 0 Å². The van der Waals surface area contributed by atoms with Crippen molar-refractivity contribution in [3.05, 3.63) is 71.4 Å². The molecule has 1 aliphatic rings. The van der Waals surface area contributed by atoms with E-state index in [0.717, 1.165) is 53.9 Å². The van der Waals surface area contributed by atoms with Crippen molar-refractivity contribution in [2.24, 2.45) is 0 Å². The third-order valence-electron chi connectivity index (χ3n) is 5.42. The van der Waals surface area contributed by atoms with Crippen LogP contribution in [0.25, 0.3) is 11.3 Å². The van der Waals surface area contributed by atoms with E-state index in [1.54, 1.807) is 0 Å². The molecule has 0 bridgehead atoms. The zero-order valence-corrected chi connectivity index (χ0v) is 17.0. The zero-order valence-electron chi connectivity index (χ0n) is 17.0. The van der Waals surface area contributed by atoms with Crippen LogP contribution in [0.15, 0.2) is 54.6 Å². The SMILES string of the molecule is CCCCCN1C(=O)c2[nH]nc(-c3ccccc3)c2C1c1ccc(OCC)cc1. The lowest BCUT2D eigenvalue weighted by Gasteiger charge is -2.26. The van der Waals surface area contributed by atoms with Crippen LogP contribution in [0.3, 0.4) is 0 Å². The highest BCUT2D eigenvalue weighted by Gasteiger charge is 2.41. The van der Waals surface area contributed by atoms with E-state index in [1.807, 2.05) is 54.3 Å². The van der Waals surface area contributed by atoms with Gasteiger partial charge in [0.05, 0.1) is 18.3 Å². The third kappa shape index (κ3) is 3.65. The van der Waals surface area contributed by atoms with E-state index in [-0.39, 0.29) is 11.9 Å². The molecule has 3 aromatic rings. The number of carbonyl (C=O) groups is 1. The van der Waals surface area contributed by atoms with E-state index in [2.05, 4.69) is 29.3 Å². The molecule has 0 spiro atoms. The number of hydrogen-bond donors (Lipinski definition) is 1. The van der Waals surface area contributed by atoms with Crippen LogP contribution in [0, 0.1) is 0 Å². The van der Waals surface area contributed by atoms with Crippen LogP contribution < -0.4 is 4.74 Å². The average Bonchev–Trinajstić information content (AvgIpc) is 3.29. The first-order valence-corrected chi connectivity index (χ1v) is 10.4. The highest BCUT2D eigenvalue weighted by atomic mass is 16.5. The number of carbonyl (C=O) groups excluding carboxylic acids is 1. The van der Waals surface area contributed by atoms with Gasteiger partial charge in [-0.3, -0.25) is 9.89 Å². The highest BCUT2D eigenvalue weighted by molar-refractivity contribution is 6.00. The summed E-state index contributed by atoms with van der Waals surface area (Å²) in [6.45, 7) is 5.52. The van der Waals surface area contributed by atoms with Crippen LogP contribution in [0.2, 0.25) is 0 Å². The van der Waals surface area contributed by atoms with Crippen LogP contribution in [-0.2, 0) is 0 Å². The van der Waals surface area contributed by atoms with Gasteiger partial charge in [-0.1, -0.05) is 62.2 Å². The summed E-state index contributed by atoms with van der Waals surface area (Å²) in [6, 6.07) is 18.0. The lowest BCUT2D eigenvalue weighted by atomic mass is 9.96. The first kappa shape index (κ1) is 19.2. The summed E-state index contributed by atoms with van der Waals surface area (Å²) in [6.07, 6.45) is 3.23. The fourth-order valence-corrected chi connectivity index (χ4v) is 4.04. The molecule has 0 saturated carbocycles. The lowest BCUT2D eigenvalue weighted by Crippen LogP contribution is -2.30. The molecule has 0 fully saturated rings. The van der Waals surface area contributed by atoms with Crippen molar-refractivity contribution in [1.82, 2.24) is 15.1 Å². The second kappa shape index (κ2) is 8.52. The summed E-state index contributed by atoms with van der Waals surface area (Å²) in [5.74, 6) is 0.874. The topological polar surface area (TPSA) is 58.2 Å². The zero-order chi connectivity index (χ0) is 20.2. The number of benzene rings is 2. The molecule has 5 heteroatoms. The van der Waals surface area contributed by atoms with Gasteiger partial charge in [0.15, 0.2) is 0 Å². The number of nitrogens with zero attached hydrogens (tertiary/aromatic N) is 2. The van der Waals surface area contributed by atoms with Crippen LogP contribution in [0.1, 0.15) is 60.8 Å². The maximum absolute atomic E-state index is 13.2. The van der Waals surface area contributed by atoms with Crippen molar-refractivity contribution < 1.29 is 9.53 Å². The normalized spacial score (nSPS) is 15.6. The van der Waals surface area contributed by atoms with Gasteiger partial charge >= 0.3 is 0 Å². The van der Waals surface area contributed by atoms with Gasteiger partial charge in [0.2, 0.25) is 0 Å². The summed E-state index contributed by atoms with van der Waals surface area (Å²) < 4.78 is 5.60. The Hall–Kier alpha value is -3.08. The molecule has 4 rings (SSSR count). The molecular weight excluding hydrogens is 362 g/mol. The van der Waals surface area contributed by atoms with E-state index in [1.165, 1.54) is 0 Å². The molecule has 150 valence electrons. The largest absolute Gasteiger partial charge is 0.494 e. The van der Waals surface area contributed by atoms with Crippen molar-refractivity contribution in [2.45, 2.75) is 39.2 Å². The van der Waals surface area contributed by atoms with E-state index in [9.17, 15) is 4.79 Å². The number of H-pyrrole nitrogens is 1. The Labute approximate surface area is 171 Å². The summed E-state index contributed by atoms with van der Waals surface area (Å²) in [7, 11) is 0. The third-order valence-corrected chi connectivity index (χ3v) is 5.42. The molecule has 5 nitrogen and oxygen atoms in total. The fraction of sp³-hybridized carbons (Fsp3) is 0.333. The van der Waals surface area contributed by atoms with E-state index >= 15 is 0 Å². The predicted molar refractivity (Wildman–Crippen MR) is 114 cm³/mol. The molecule has 29 heavy (non-hydrogen) atoms. The van der Waals surface area contributed by atoms with Gasteiger partial charge in [-0.05, 0) is 31.0 Å². The minimum absolute atomic E-state index is 0.0321. The fourth-order valence-electron chi connectivity index (χ4n) is 4.04. The molecule has 1 amide bonds. The quantitative estimate of drug-likeness (QED) is 0.538. The van der Waals surface area contributed by atoms with Crippen molar-refractivity contribution in [3.63, 3.8) is 0 Å². The molecule has 1 unspecified atom stereocenters. The molecule has 2 heterocycles. The number of ether oxygens (including phenoxy) is 1.